The lowest BCUT2D eigenvalue weighted by molar-refractivity contribution is 0.632. The number of anilines is 9. The Labute approximate surface area is 471 Å². The Hall–Kier alpha value is -10.6. The minimum atomic E-state index is -0.245. The second-order valence-corrected chi connectivity index (χ2v) is 22.3. The molecule has 2 aromatic heterocycles. The molecule has 0 saturated heterocycles. The van der Waals surface area contributed by atoms with Crippen LogP contribution in [-0.2, 0) is 10.8 Å². The average molecular weight is 1040 g/mol. The smallest absolute Gasteiger partial charge is 0.235 e. The molecule has 7 nitrogen and oxygen atoms in total. The molecule has 0 amide bonds. The topological polar surface area (TPSA) is 47.7 Å². The van der Waals surface area contributed by atoms with Crippen LogP contribution in [0.5, 0.6) is 0 Å². The Bertz CT molecular complexity index is 4460. The van der Waals surface area contributed by atoms with E-state index in [9.17, 15) is 11.8 Å². The molecule has 0 spiro atoms. The fourth-order valence-electron chi connectivity index (χ4n) is 13.6. The third-order valence-corrected chi connectivity index (χ3v) is 17.3. The summed E-state index contributed by atoms with van der Waals surface area (Å²) in [6.07, 6.45) is 0. The zero-order chi connectivity index (χ0) is 54.7. The zero-order valence-corrected chi connectivity index (χ0v) is 45.3. The number of hydrogen-bond acceptors (Lipinski definition) is 4. The molecular formula is C74H53N7. The lowest BCUT2D eigenvalue weighted by Crippen LogP contribution is -2.30. The van der Waals surface area contributed by atoms with Gasteiger partial charge in [-0.3, -0.25) is 0 Å². The Balaban J connectivity index is 1.09. The maximum Gasteiger partial charge on any atom is 0.235 e. The van der Waals surface area contributed by atoms with Gasteiger partial charge in [0.2, 0.25) is 5.69 Å². The number of fused-ring (bicyclic) bond motifs is 10. The predicted octanol–water partition coefficient (Wildman–Crippen LogP) is 20.0. The van der Waals surface area contributed by atoms with Crippen LogP contribution in [0.25, 0.3) is 59.8 Å². The van der Waals surface area contributed by atoms with Crippen LogP contribution in [0.3, 0.4) is 0 Å². The first-order valence-electron chi connectivity index (χ1n) is 27.6. The molecule has 11 aromatic carbocycles. The van der Waals surface area contributed by atoms with Crippen molar-refractivity contribution in [3.05, 3.63) is 288 Å². The van der Waals surface area contributed by atoms with E-state index in [0.29, 0.717) is 28.3 Å². The van der Waals surface area contributed by atoms with Gasteiger partial charge >= 0.3 is 0 Å². The van der Waals surface area contributed by atoms with E-state index in [-0.39, 0.29) is 10.8 Å². The van der Waals surface area contributed by atoms with Crippen LogP contribution in [0.15, 0.2) is 249 Å². The molecule has 0 atom stereocenters. The molecule has 81 heavy (non-hydrogen) atoms. The maximum absolute atomic E-state index is 12.1. The summed E-state index contributed by atoms with van der Waals surface area (Å²) in [4.78, 5) is 11.6. The number of hydrogen-bond donors (Lipinski definition) is 0. The van der Waals surface area contributed by atoms with E-state index in [1.807, 2.05) is 36.4 Å². The van der Waals surface area contributed by atoms with Crippen LogP contribution in [-0.4, -0.2) is 9.13 Å². The number of nitriles is 1. The first-order chi connectivity index (χ1) is 39.7. The van der Waals surface area contributed by atoms with Crippen LogP contribution in [0.2, 0.25) is 0 Å². The van der Waals surface area contributed by atoms with Gasteiger partial charge in [0, 0.05) is 55.1 Å². The molecule has 0 saturated carbocycles. The number of aromatic nitrogens is 2. The van der Waals surface area contributed by atoms with Crippen molar-refractivity contribution >= 4 is 100 Å². The van der Waals surface area contributed by atoms with Crippen molar-refractivity contribution in [3.63, 3.8) is 0 Å². The summed E-state index contributed by atoms with van der Waals surface area (Å²) in [5.41, 5.74) is 18.9. The van der Waals surface area contributed by atoms with Crippen LogP contribution in [0.1, 0.15) is 55.5 Å². The van der Waals surface area contributed by atoms with Gasteiger partial charge in [-0.2, -0.15) is 5.26 Å². The molecule has 384 valence electrons. The number of para-hydroxylation sites is 8. The minimum Gasteiger partial charge on any atom is -0.319 e. The lowest BCUT2D eigenvalue weighted by atomic mass is 9.73. The molecule has 0 fully saturated rings. The van der Waals surface area contributed by atoms with Gasteiger partial charge < -0.3 is 23.8 Å². The molecule has 2 aliphatic rings. The summed E-state index contributed by atoms with van der Waals surface area (Å²) < 4.78 is 4.44. The molecule has 0 bridgehead atoms. The number of rotatable bonds is 7. The van der Waals surface area contributed by atoms with E-state index in [0.717, 1.165) is 89.1 Å². The van der Waals surface area contributed by atoms with E-state index in [1.54, 1.807) is 0 Å². The standard InChI is InChI=1S/C74H53N7/c1-73(2)57-30-14-20-36-65(57)78(66-37-21-15-31-58(66)73)50-40-42-63-54(44-50)55-45-51(79-67-38-22-16-32-59(67)74(3,4)60-33-17-23-39-68(60)79)41-43-64(55)81(63)72-56(47-75)69(77(48-24-8-6-9-25-48)49-26-10-7-11-27-49)46-70(71(72)76-5)80-61-34-18-12-28-52(61)53-29-13-19-35-62(53)80/h6-46H,1-4H3. The number of nitrogens with zero attached hydrogens (tertiary/aromatic N) is 7. The van der Waals surface area contributed by atoms with Crippen molar-refractivity contribution in [3.8, 4) is 17.4 Å². The minimum absolute atomic E-state index is 0.245. The summed E-state index contributed by atoms with van der Waals surface area (Å²) in [6.45, 7) is 18.8. The largest absolute Gasteiger partial charge is 0.319 e. The Morgan fingerprint density at radius 1 is 0.395 bits per heavy atom. The van der Waals surface area contributed by atoms with Crippen LogP contribution >= 0.6 is 0 Å². The summed E-state index contributed by atoms with van der Waals surface area (Å²) in [6, 6.07) is 90.7. The monoisotopic (exact) mass is 1040 g/mol. The fraction of sp³-hybridized carbons (Fsp3) is 0.0811. The lowest BCUT2D eigenvalue weighted by Gasteiger charge is -2.42. The normalized spacial score (nSPS) is 13.8. The van der Waals surface area contributed by atoms with Crippen molar-refractivity contribution in [2.75, 3.05) is 14.7 Å². The van der Waals surface area contributed by atoms with E-state index in [1.165, 1.54) is 22.3 Å². The van der Waals surface area contributed by atoms with Gasteiger partial charge in [-0.05, 0) is 125 Å². The molecular weight excluding hydrogens is 987 g/mol. The highest BCUT2D eigenvalue weighted by molar-refractivity contribution is 6.15. The van der Waals surface area contributed by atoms with Crippen molar-refractivity contribution in [2.45, 2.75) is 38.5 Å². The zero-order valence-electron chi connectivity index (χ0n) is 45.3. The van der Waals surface area contributed by atoms with E-state index >= 15 is 0 Å². The first-order valence-corrected chi connectivity index (χ1v) is 27.6. The fourth-order valence-corrected chi connectivity index (χ4v) is 13.6. The molecule has 0 N–H and O–H groups in total. The van der Waals surface area contributed by atoms with Crippen molar-refractivity contribution < 1.29 is 0 Å². The van der Waals surface area contributed by atoms with Crippen molar-refractivity contribution in [1.82, 2.24) is 9.13 Å². The molecule has 7 heteroatoms. The first kappa shape index (κ1) is 47.6. The second-order valence-electron chi connectivity index (χ2n) is 22.3. The van der Waals surface area contributed by atoms with Gasteiger partial charge in [0.25, 0.3) is 0 Å². The van der Waals surface area contributed by atoms with Gasteiger partial charge in [-0.25, -0.2) is 4.85 Å². The van der Waals surface area contributed by atoms with Crippen molar-refractivity contribution in [2.24, 2.45) is 0 Å². The molecule has 0 aliphatic carbocycles. The van der Waals surface area contributed by atoms with Gasteiger partial charge in [-0.1, -0.05) is 173 Å². The van der Waals surface area contributed by atoms with E-state index < -0.39 is 0 Å². The molecule has 4 heterocycles. The van der Waals surface area contributed by atoms with E-state index in [2.05, 4.69) is 275 Å². The van der Waals surface area contributed by atoms with Crippen molar-refractivity contribution in [1.29, 1.82) is 5.26 Å². The molecule has 0 radical (unpaired) electrons. The van der Waals surface area contributed by atoms with Gasteiger partial charge in [-0.15, -0.1) is 0 Å². The van der Waals surface area contributed by atoms with E-state index in [4.69, 9.17) is 0 Å². The van der Waals surface area contributed by atoms with Gasteiger partial charge in [0.15, 0.2) is 0 Å². The molecule has 13 aromatic rings. The highest BCUT2D eigenvalue weighted by atomic mass is 15.2. The third-order valence-electron chi connectivity index (χ3n) is 17.3. The Morgan fingerprint density at radius 3 is 1.17 bits per heavy atom. The highest BCUT2D eigenvalue weighted by Crippen LogP contribution is 2.56. The van der Waals surface area contributed by atoms with Gasteiger partial charge in [0.05, 0.1) is 74.0 Å². The molecule has 15 rings (SSSR count). The maximum atomic E-state index is 12.1. The highest BCUT2D eigenvalue weighted by Gasteiger charge is 2.39. The average Bonchev–Trinajstić information content (AvgIpc) is 4.22. The SMILES string of the molecule is [C-]#[N+]c1c(-n2c3ccccc3c3ccccc32)cc(N(c2ccccc2)c2ccccc2)c(C#N)c1-n1c2ccc(N3c4ccccc4C(C)(C)c4ccccc43)cc2c2cc(N3c4ccccc4C(C)(C)c4ccccc43)ccc21. The summed E-state index contributed by atoms with van der Waals surface area (Å²) in [7, 11) is 0. The predicted molar refractivity (Wildman–Crippen MR) is 334 cm³/mol. The third kappa shape index (κ3) is 6.92. The van der Waals surface area contributed by atoms with Crippen LogP contribution in [0.4, 0.5) is 56.9 Å². The summed E-state index contributed by atoms with van der Waals surface area (Å²) >= 11 is 0. The Morgan fingerprint density at radius 2 is 0.765 bits per heavy atom. The Kier molecular flexibility index (Phi) is 10.6. The molecule has 0 unspecified atom stereocenters. The van der Waals surface area contributed by atoms with Gasteiger partial charge in [0.1, 0.15) is 6.07 Å². The van der Waals surface area contributed by atoms with Crippen LogP contribution in [0, 0.1) is 17.9 Å². The second kappa shape index (κ2) is 18.0. The van der Waals surface area contributed by atoms with Crippen LogP contribution < -0.4 is 14.7 Å². The summed E-state index contributed by atoms with van der Waals surface area (Å²) in [5, 5.41) is 16.3. The number of benzene rings is 11. The molecule has 2 aliphatic heterocycles. The quantitative estimate of drug-likeness (QED) is 0.149. The summed E-state index contributed by atoms with van der Waals surface area (Å²) in [5.74, 6) is 0.